The van der Waals surface area contributed by atoms with E-state index in [0.717, 1.165) is 0 Å². The van der Waals surface area contributed by atoms with Crippen LogP contribution in [0.15, 0.2) is 17.0 Å². The number of rotatable bonds is 3. The van der Waals surface area contributed by atoms with Crippen LogP contribution in [0.1, 0.15) is 17.4 Å². The summed E-state index contributed by atoms with van der Waals surface area (Å²) in [6.45, 7) is 2.22. The van der Waals surface area contributed by atoms with E-state index in [-0.39, 0.29) is 11.9 Å². The van der Waals surface area contributed by atoms with Crippen LogP contribution < -0.4 is 11.1 Å². The summed E-state index contributed by atoms with van der Waals surface area (Å²) in [6, 6.07) is -0.0654. The van der Waals surface area contributed by atoms with Gasteiger partial charge in [0.2, 0.25) is 0 Å². The summed E-state index contributed by atoms with van der Waals surface area (Å²) in [6.07, 6.45) is 2.85. The molecular formula is C8H11BrN4O. The molecule has 0 fully saturated rings. The minimum absolute atomic E-state index is 0.0654. The lowest BCUT2D eigenvalue weighted by molar-refractivity contribution is 0.0935. The Balaban J connectivity index is 2.75. The van der Waals surface area contributed by atoms with E-state index in [0.29, 0.717) is 16.7 Å². The maximum absolute atomic E-state index is 11.5. The van der Waals surface area contributed by atoms with Gasteiger partial charge in [0.05, 0.1) is 4.47 Å². The second kappa shape index (κ2) is 5.02. The van der Waals surface area contributed by atoms with E-state index in [9.17, 15) is 4.79 Å². The van der Waals surface area contributed by atoms with Gasteiger partial charge in [-0.05, 0) is 22.9 Å². The Morgan fingerprint density at radius 3 is 3.07 bits per heavy atom. The van der Waals surface area contributed by atoms with E-state index in [1.165, 1.54) is 12.5 Å². The maximum Gasteiger partial charge on any atom is 0.271 e. The molecular weight excluding hydrogens is 248 g/mol. The molecule has 1 heterocycles. The summed E-state index contributed by atoms with van der Waals surface area (Å²) in [7, 11) is 0. The zero-order valence-corrected chi connectivity index (χ0v) is 9.28. The van der Waals surface area contributed by atoms with Crippen molar-refractivity contribution in [2.45, 2.75) is 13.0 Å². The zero-order chi connectivity index (χ0) is 10.6. The summed E-state index contributed by atoms with van der Waals surface area (Å²) in [4.78, 5) is 19.2. The van der Waals surface area contributed by atoms with Crippen molar-refractivity contribution >= 4 is 21.8 Å². The molecule has 0 aliphatic carbocycles. The number of nitrogens with zero attached hydrogens (tertiary/aromatic N) is 2. The van der Waals surface area contributed by atoms with Crippen LogP contribution >= 0.6 is 15.9 Å². The van der Waals surface area contributed by atoms with Gasteiger partial charge >= 0.3 is 0 Å². The van der Waals surface area contributed by atoms with Gasteiger partial charge in [0.1, 0.15) is 12.0 Å². The summed E-state index contributed by atoms with van der Waals surface area (Å²) in [5, 5.41) is 2.70. The Hall–Kier alpha value is -1.01. The average molecular weight is 259 g/mol. The summed E-state index contributed by atoms with van der Waals surface area (Å²) in [5.74, 6) is -0.253. The Morgan fingerprint density at radius 1 is 1.79 bits per heavy atom. The quantitative estimate of drug-likeness (QED) is 0.818. The first kappa shape index (κ1) is 11.1. The van der Waals surface area contributed by atoms with Crippen molar-refractivity contribution in [2.24, 2.45) is 5.73 Å². The molecule has 0 radical (unpaired) electrons. The van der Waals surface area contributed by atoms with E-state index < -0.39 is 0 Å². The predicted octanol–water partition coefficient (Wildman–Crippen LogP) is 0.316. The van der Waals surface area contributed by atoms with E-state index in [4.69, 9.17) is 5.73 Å². The second-order valence-corrected chi connectivity index (χ2v) is 3.68. The van der Waals surface area contributed by atoms with Crippen molar-refractivity contribution in [1.29, 1.82) is 0 Å². The van der Waals surface area contributed by atoms with Gasteiger partial charge in [0.25, 0.3) is 5.91 Å². The molecule has 6 heteroatoms. The van der Waals surface area contributed by atoms with Gasteiger partial charge in [0.15, 0.2) is 0 Å². The van der Waals surface area contributed by atoms with Gasteiger partial charge in [-0.1, -0.05) is 0 Å². The lowest BCUT2D eigenvalue weighted by Crippen LogP contribution is -2.38. The van der Waals surface area contributed by atoms with Gasteiger partial charge in [-0.25, -0.2) is 9.97 Å². The molecule has 0 bridgehead atoms. The van der Waals surface area contributed by atoms with Crippen LogP contribution in [0.5, 0.6) is 0 Å². The molecule has 0 aliphatic rings. The molecule has 5 nitrogen and oxygen atoms in total. The van der Waals surface area contributed by atoms with E-state index in [2.05, 4.69) is 31.2 Å². The first-order chi connectivity index (χ1) is 6.65. The molecule has 3 N–H and O–H groups in total. The number of aromatic nitrogens is 2. The number of carbonyl (C=O) groups excluding carboxylic acids is 1. The third kappa shape index (κ3) is 2.74. The highest BCUT2D eigenvalue weighted by Gasteiger charge is 2.12. The molecule has 14 heavy (non-hydrogen) atoms. The van der Waals surface area contributed by atoms with Crippen molar-refractivity contribution in [3.8, 4) is 0 Å². The topological polar surface area (TPSA) is 80.9 Å². The van der Waals surface area contributed by atoms with Crippen LogP contribution in [-0.4, -0.2) is 28.5 Å². The SMILES string of the molecule is CC(CN)NC(=O)c1ncncc1Br. The van der Waals surface area contributed by atoms with Crippen LogP contribution in [0.25, 0.3) is 0 Å². The van der Waals surface area contributed by atoms with E-state index >= 15 is 0 Å². The summed E-state index contributed by atoms with van der Waals surface area (Å²) in [5.41, 5.74) is 5.70. The molecule has 76 valence electrons. The highest BCUT2D eigenvalue weighted by atomic mass is 79.9. The first-order valence-electron chi connectivity index (χ1n) is 4.11. The van der Waals surface area contributed by atoms with Crippen molar-refractivity contribution in [2.75, 3.05) is 6.54 Å². The van der Waals surface area contributed by atoms with Crippen LogP contribution in [0, 0.1) is 0 Å². The molecule has 1 atom stereocenters. The highest BCUT2D eigenvalue weighted by Crippen LogP contribution is 2.11. The van der Waals surface area contributed by atoms with Crippen LogP contribution in [0.4, 0.5) is 0 Å². The number of nitrogens with two attached hydrogens (primary N) is 1. The smallest absolute Gasteiger partial charge is 0.271 e. The lowest BCUT2D eigenvalue weighted by Gasteiger charge is -2.10. The van der Waals surface area contributed by atoms with Gasteiger partial charge in [0, 0.05) is 18.8 Å². The summed E-state index contributed by atoms with van der Waals surface area (Å²) >= 11 is 3.19. The minimum atomic E-state index is -0.253. The molecule has 0 saturated carbocycles. The first-order valence-corrected chi connectivity index (χ1v) is 4.91. The fourth-order valence-electron chi connectivity index (χ4n) is 0.831. The number of amides is 1. The number of nitrogens with one attached hydrogen (secondary N) is 1. The fourth-order valence-corrected chi connectivity index (χ4v) is 1.23. The van der Waals surface area contributed by atoms with Gasteiger partial charge in [-0.15, -0.1) is 0 Å². The van der Waals surface area contributed by atoms with Gasteiger partial charge in [-0.3, -0.25) is 4.79 Å². The number of hydrogen-bond donors (Lipinski definition) is 2. The lowest BCUT2D eigenvalue weighted by atomic mass is 10.3. The van der Waals surface area contributed by atoms with E-state index in [1.54, 1.807) is 0 Å². The zero-order valence-electron chi connectivity index (χ0n) is 7.70. The largest absolute Gasteiger partial charge is 0.347 e. The Morgan fingerprint density at radius 2 is 2.50 bits per heavy atom. The molecule has 0 aromatic carbocycles. The Labute approximate surface area is 90.2 Å². The van der Waals surface area contributed by atoms with Crippen molar-refractivity contribution < 1.29 is 4.79 Å². The number of halogens is 1. The Kier molecular flexibility index (Phi) is 3.97. The van der Waals surface area contributed by atoms with Crippen molar-refractivity contribution in [3.05, 3.63) is 22.7 Å². The maximum atomic E-state index is 11.5. The number of carbonyl (C=O) groups is 1. The van der Waals surface area contributed by atoms with Crippen molar-refractivity contribution in [3.63, 3.8) is 0 Å². The molecule has 1 rings (SSSR count). The summed E-state index contributed by atoms with van der Waals surface area (Å²) < 4.78 is 0.571. The van der Waals surface area contributed by atoms with Crippen molar-refractivity contribution in [1.82, 2.24) is 15.3 Å². The third-order valence-electron chi connectivity index (χ3n) is 1.61. The molecule has 1 amide bonds. The van der Waals surface area contributed by atoms with Crippen LogP contribution in [-0.2, 0) is 0 Å². The normalized spacial score (nSPS) is 12.2. The Bertz CT molecular complexity index is 331. The molecule has 1 aromatic heterocycles. The predicted molar refractivity (Wildman–Crippen MR) is 55.7 cm³/mol. The third-order valence-corrected chi connectivity index (χ3v) is 2.19. The standard InChI is InChI=1S/C8H11BrN4O/c1-5(2-10)13-8(14)7-6(9)3-11-4-12-7/h3-5H,2,10H2,1H3,(H,13,14). The molecule has 0 saturated heterocycles. The van der Waals surface area contributed by atoms with Crippen LogP contribution in [0.2, 0.25) is 0 Å². The second-order valence-electron chi connectivity index (χ2n) is 2.83. The van der Waals surface area contributed by atoms with Gasteiger partial charge < -0.3 is 11.1 Å². The average Bonchev–Trinajstić information content (AvgIpc) is 2.18. The fraction of sp³-hybridized carbons (Fsp3) is 0.375. The minimum Gasteiger partial charge on any atom is -0.347 e. The monoisotopic (exact) mass is 258 g/mol. The van der Waals surface area contributed by atoms with Gasteiger partial charge in [-0.2, -0.15) is 0 Å². The van der Waals surface area contributed by atoms with Crippen LogP contribution in [0.3, 0.4) is 0 Å². The number of hydrogen-bond acceptors (Lipinski definition) is 4. The molecule has 1 unspecified atom stereocenters. The van der Waals surface area contributed by atoms with E-state index in [1.807, 2.05) is 6.92 Å². The molecule has 1 aromatic rings. The highest BCUT2D eigenvalue weighted by molar-refractivity contribution is 9.10. The molecule has 0 spiro atoms. The molecule has 0 aliphatic heterocycles.